The average Bonchev–Trinajstić information content (AvgIpc) is 3.11. The fourth-order valence-corrected chi connectivity index (χ4v) is 3.09. The van der Waals surface area contributed by atoms with Gasteiger partial charge in [-0.05, 0) is 45.4 Å². The second-order valence-corrected chi connectivity index (χ2v) is 7.04. The maximum atomic E-state index is 12.6. The van der Waals surface area contributed by atoms with Crippen LogP contribution in [0.5, 0.6) is 0 Å². The highest BCUT2D eigenvalue weighted by Gasteiger charge is 2.23. The monoisotopic (exact) mass is 388 g/mol. The van der Waals surface area contributed by atoms with Crippen molar-refractivity contribution < 1.29 is 14.3 Å². The lowest BCUT2D eigenvalue weighted by molar-refractivity contribution is 0.0376. The van der Waals surface area contributed by atoms with Crippen molar-refractivity contribution in [1.29, 1.82) is 0 Å². The molecule has 3 rings (SSSR count). The van der Waals surface area contributed by atoms with Gasteiger partial charge in [-0.25, -0.2) is 9.78 Å². The van der Waals surface area contributed by atoms with E-state index in [1.165, 1.54) is 0 Å². The highest BCUT2D eigenvalue weighted by atomic mass is 35.5. The van der Waals surface area contributed by atoms with E-state index in [4.69, 9.17) is 16.3 Å². The Morgan fingerprint density at radius 1 is 1.30 bits per heavy atom. The molecule has 0 aliphatic heterocycles. The number of amides is 1. The summed E-state index contributed by atoms with van der Waals surface area (Å²) in [6.07, 6.45) is 3.33. The normalized spacial score (nSPS) is 11.2. The SMILES string of the molecule is Cc1[nH]c(C(=O)NCc2cn3cc(Cl)ccc3n2)c(C)c1C(=O)OC(C)C. The number of hydrogen-bond donors (Lipinski definition) is 2. The van der Waals surface area contributed by atoms with Crippen LogP contribution in [0.2, 0.25) is 5.02 Å². The number of imidazole rings is 1. The summed E-state index contributed by atoms with van der Waals surface area (Å²) in [6.45, 7) is 7.28. The van der Waals surface area contributed by atoms with E-state index in [-0.39, 0.29) is 18.6 Å². The lowest BCUT2D eigenvalue weighted by Gasteiger charge is -2.08. The molecule has 3 aromatic heterocycles. The van der Waals surface area contributed by atoms with Gasteiger partial charge in [-0.15, -0.1) is 0 Å². The molecule has 0 aliphatic rings. The van der Waals surface area contributed by atoms with E-state index in [1.54, 1.807) is 56.6 Å². The molecule has 3 heterocycles. The lowest BCUT2D eigenvalue weighted by Crippen LogP contribution is -2.24. The second-order valence-electron chi connectivity index (χ2n) is 6.61. The van der Waals surface area contributed by atoms with Gasteiger partial charge in [-0.1, -0.05) is 11.6 Å². The van der Waals surface area contributed by atoms with Gasteiger partial charge in [0.2, 0.25) is 0 Å². The molecule has 0 fully saturated rings. The molecule has 7 nitrogen and oxygen atoms in total. The van der Waals surface area contributed by atoms with E-state index in [0.29, 0.717) is 33.2 Å². The van der Waals surface area contributed by atoms with Gasteiger partial charge in [-0.2, -0.15) is 0 Å². The van der Waals surface area contributed by atoms with Gasteiger partial charge in [-0.3, -0.25) is 4.79 Å². The Kier molecular flexibility index (Phi) is 5.23. The quantitative estimate of drug-likeness (QED) is 0.655. The molecule has 2 N–H and O–H groups in total. The molecule has 0 bridgehead atoms. The number of pyridine rings is 1. The van der Waals surface area contributed by atoms with Crippen LogP contribution >= 0.6 is 11.6 Å². The van der Waals surface area contributed by atoms with Crippen molar-refractivity contribution in [3.8, 4) is 0 Å². The molecule has 0 atom stereocenters. The zero-order valence-corrected chi connectivity index (χ0v) is 16.3. The number of aryl methyl sites for hydroxylation is 1. The minimum Gasteiger partial charge on any atom is -0.459 e. The largest absolute Gasteiger partial charge is 0.459 e. The second kappa shape index (κ2) is 7.44. The Morgan fingerprint density at radius 3 is 2.74 bits per heavy atom. The van der Waals surface area contributed by atoms with E-state index < -0.39 is 5.97 Å². The highest BCUT2D eigenvalue weighted by Crippen LogP contribution is 2.20. The lowest BCUT2D eigenvalue weighted by atomic mass is 10.1. The molecule has 0 radical (unpaired) electrons. The zero-order chi connectivity index (χ0) is 19.7. The molecule has 0 saturated carbocycles. The van der Waals surface area contributed by atoms with Crippen LogP contribution in [0.25, 0.3) is 5.65 Å². The number of nitrogens with zero attached hydrogens (tertiary/aromatic N) is 2. The smallest absolute Gasteiger partial charge is 0.340 e. The summed E-state index contributed by atoms with van der Waals surface area (Å²) in [5.41, 5.74) is 3.36. The topological polar surface area (TPSA) is 88.5 Å². The van der Waals surface area contributed by atoms with Crippen LogP contribution in [-0.4, -0.2) is 32.3 Å². The highest BCUT2D eigenvalue weighted by molar-refractivity contribution is 6.30. The number of carbonyl (C=O) groups excluding carboxylic acids is 2. The van der Waals surface area contributed by atoms with Crippen LogP contribution in [-0.2, 0) is 11.3 Å². The number of nitrogens with one attached hydrogen (secondary N) is 2. The molecule has 142 valence electrons. The summed E-state index contributed by atoms with van der Waals surface area (Å²) in [5, 5.41) is 3.43. The van der Waals surface area contributed by atoms with E-state index in [1.807, 2.05) is 0 Å². The molecular formula is C19H21ClN4O3. The van der Waals surface area contributed by atoms with Gasteiger partial charge in [0.05, 0.1) is 28.9 Å². The first-order chi connectivity index (χ1) is 12.8. The van der Waals surface area contributed by atoms with Crippen LogP contribution < -0.4 is 5.32 Å². The van der Waals surface area contributed by atoms with Crippen molar-refractivity contribution in [2.45, 2.75) is 40.3 Å². The Labute approximate surface area is 161 Å². The van der Waals surface area contributed by atoms with Crippen LogP contribution in [0.15, 0.2) is 24.5 Å². The molecule has 27 heavy (non-hydrogen) atoms. The van der Waals surface area contributed by atoms with Gasteiger partial charge < -0.3 is 19.4 Å². The third-order valence-electron chi connectivity index (χ3n) is 4.11. The fourth-order valence-electron chi connectivity index (χ4n) is 2.92. The van der Waals surface area contributed by atoms with Crippen molar-refractivity contribution in [2.24, 2.45) is 0 Å². The van der Waals surface area contributed by atoms with Crippen LogP contribution in [0.4, 0.5) is 0 Å². The fraction of sp³-hybridized carbons (Fsp3) is 0.316. The number of hydrogen-bond acceptors (Lipinski definition) is 4. The predicted octanol–water partition coefficient (Wildman–Crippen LogP) is 3.43. The number of halogens is 1. The van der Waals surface area contributed by atoms with E-state index in [0.717, 1.165) is 5.65 Å². The Morgan fingerprint density at radius 2 is 2.04 bits per heavy atom. The molecule has 3 aromatic rings. The third kappa shape index (κ3) is 3.98. The summed E-state index contributed by atoms with van der Waals surface area (Å²) in [6, 6.07) is 3.56. The molecule has 0 unspecified atom stereocenters. The number of carbonyl (C=O) groups is 2. The number of H-pyrrole nitrogens is 1. The number of ether oxygens (including phenoxy) is 1. The van der Waals surface area contributed by atoms with Crippen molar-refractivity contribution in [1.82, 2.24) is 19.7 Å². The Balaban J connectivity index is 1.75. The maximum absolute atomic E-state index is 12.6. The average molecular weight is 389 g/mol. The Hall–Kier alpha value is -2.80. The molecule has 0 aliphatic carbocycles. The molecule has 1 amide bonds. The molecule has 0 saturated heterocycles. The first-order valence-corrected chi connectivity index (χ1v) is 8.95. The van der Waals surface area contributed by atoms with Gasteiger partial charge in [0.15, 0.2) is 0 Å². The van der Waals surface area contributed by atoms with Gasteiger partial charge >= 0.3 is 5.97 Å². The zero-order valence-electron chi connectivity index (χ0n) is 15.6. The number of aromatic amines is 1. The first kappa shape index (κ1) is 19.0. The van der Waals surface area contributed by atoms with E-state index in [2.05, 4.69) is 15.3 Å². The minimum absolute atomic E-state index is 0.230. The first-order valence-electron chi connectivity index (χ1n) is 8.57. The van der Waals surface area contributed by atoms with Crippen molar-refractivity contribution in [2.75, 3.05) is 0 Å². The van der Waals surface area contributed by atoms with E-state index >= 15 is 0 Å². The van der Waals surface area contributed by atoms with Crippen LogP contribution in [0, 0.1) is 13.8 Å². The summed E-state index contributed by atoms with van der Waals surface area (Å²) in [4.78, 5) is 32.2. The van der Waals surface area contributed by atoms with Gasteiger partial charge in [0.1, 0.15) is 11.3 Å². The number of aromatic nitrogens is 3. The summed E-state index contributed by atoms with van der Waals surface area (Å²) in [5.74, 6) is -0.748. The molecule has 8 heteroatoms. The number of rotatable bonds is 5. The molecule has 0 aromatic carbocycles. The third-order valence-corrected chi connectivity index (χ3v) is 4.33. The van der Waals surface area contributed by atoms with Gasteiger partial charge in [0, 0.05) is 18.1 Å². The van der Waals surface area contributed by atoms with Crippen LogP contribution in [0.1, 0.15) is 51.6 Å². The minimum atomic E-state index is -0.437. The maximum Gasteiger partial charge on any atom is 0.340 e. The van der Waals surface area contributed by atoms with E-state index in [9.17, 15) is 9.59 Å². The summed E-state index contributed by atoms with van der Waals surface area (Å²) in [7, 11) is 0. The Bertz CT molecular complexity index is 1020. The summed E-state index contributed by atoms with van der Waals surface area (Å²) >= 11 is 5.97. The predicted molar refractivity (Wildman–Crippen MR) is 102 cm³/mol. The summed E-state index contributed by atoms with van der Waals surface area (Å²) < 4.78 is 7.05. The molecule has 0 spiro atoms. The van der Waals surface area contributed by atoms with Crippen molar-refractivity contribution >= 4 is 29.1 Å². The van der Waals surface area contributed by atoms with Crippen LogP contribution in [0.3, 0.4) is 0 Å². The van der Waals surface area contributed by atoms with Crippen molar-refractivity contribution in [3.63, 3.8) is 0 Å². The number of fused-ring (bicyclic) bond motifs is 1. The standard InChI is InChI=1S/C19H21ClN4O3/c1-10(2)27-19(26)16-11(3)17(22-12(16)4)18(25)21-7-14-9-24-8-13(20)5-6-15(24)23-14/h5-6,8-10,22H,7H2,1-4H3,(H,21,25). The van der Waals surface area contributed by atoms with Gasteiger partial charge in [0.25, 0.3) is 5.91 Å². The van der Waals surface area contributed by atoms with Crippen molar-refractivity contribution in [3.05, 3.63) is 57.8 Å². The molecular weight excluding hydrogens is 368 g/mol. The number of esters is 1.